The van der Waals surface area contributed by atoms with Gasteiger partial charge in [-0.1, -0.05) is 38.8 Å². The number of aromatic nitrogens is 1. The molecule has 114 valence electrons. The van der Waals surface area contributed by atoms with Gasteiger partial charge < -0.3 is 14.9 Å². The van der Waals surface area contributed by atoms with Gasteiger partial charge in [-0.15, -0.1) is 0 Å². The molecule has 20 heavy (non-hydrogen) atoms. The molecule has 0 atom stereocenters. The number of rotatable bonds is 8. The van der Waals surface area contributed by atoms with E-state index in [9.17, 15) is 9.90 Å². The van der Waals surface area contributed by atoms with Crippen LogP contribution >= 0.6 is 0 Å². The van der Waals surface area contributed by atoms with Gasteiger partial charge in [0.05, 0.1) is 12.0 Å². The summed E-state index contributed by atoms with van der Waals surface area (Å²) in [6.07, 6.45) is 3.80. The van der Waals surface area contributed by atoms with Crippen LogP contribution in [0, 0.1) is 6.92 Å². The summed E-state index contributed by atoms with van der Waals surface area (Å²) in [6, 6.07) is 0. The lowest BCUT2D eigenvalue weighted by atomic mass is 9.89. The molecule has 0 aliphatic rings. The molecular formula is C15H26N2O3. The van der Waals surface area contributed by atoms with Crippen molar-refractivity contribution >= 4 is 11.6 Å². The quantitative estimate of drug-likeness (QED) is 0.767. The van der Waals surface area contributed by atoms with Crippen LogP contribution < -0.4 is 5.32 Å². The van der Waals surface area contributed by atoms with Gasteiger partial charge in [0.1, 0.15) is 11.4 Å². The number of hydrogen-bond donors (Lipinski definition) is 2. The molecule has 0 saturated heterocycles. The summed E-state index contributed by atoms with van der Waals surface area (Å²) in [5, 5.41) is 17.2. The van der Waals surface area contributed by atoms with Gasteiger partial charge in [0.15, 0.2) is 5.76 Å². The summed E-state index contributed by atoms with van der Waals surface area (Å²) >= 11 is 0. The zero-order chi connectivity index (χ0) is 15.2. The van der Waals surface area contributed by atoms with E-state index < -0.39 is 5.60 Å². The summed E-state index contributed by atoms with van der Waals surface area (Å²) < 4.78 is 5.09. The maximum atomic E-state index is 12.2. The molecule has 0 unspecified atom stereocenters. The highest BCUT2D eigenvalue weighted by Crippen LogP contribution is 2.26. The molecule has 0 aliphatic carbocycles. The standard InChI is InChI=1S/C15H26N2O3/c1-5-8-15(19,9-6-2)10-13(18)16-14-11(4)20-17-12(14)7-3/h19H,5-10H2,1-4H3,(H,16,18). The number of aliphatic hydroxyl groups is 1. The normalized spacial score (nSPS) is 11.7. The molecule has 2 N–H and O–H groups in total. The van der Waals surface area contributed by atoms with Gasteiger partial charge in [-0.05, 0) is 26.2 Å². The summed E-state index contributed by atoms with van der Waals surface area (Å²) in [7, 11) is 0. The van der Waals surface area contributed by atoms with Crippen molar-refractivity contribution in [3.8, 4) is 0 Å². The number of anilines is 1. The summed E-state index contributed by atoms with van der Waals surface area (Å²) in [5.41, 5.74) is 0.476. The third-order valence-corrected chi connectivity index (χ3v) is 3.45. The van der Waals surface area contributed by atoms with Gasteiger partial charge in [0, 0.05) is 0 Å². The van der Waals surface area contributed by atoms with Crippen molar-refractivity contribution in [2.45, 2.75) is 71.8 Å². The van der Waals surface area contributed by atoms with E-state index in [4.69, 9.17) is 4.52 Å². The minimum absolute atomic E-state index is 0.114. The summed E-state index contributed by atoms with van der Waals surface area (Å²) in [4.78, 5) is 12.2. The highest BCUT2D eigenvalue weighted by molar-refractivity contribution is 5.92. The number of aryl methyl sites for hydroxylation is 2. The fourth-order valence-corrected chi connectivity index (χ4v) is 2.53. The maximum absolute atomic E-state index is 12.2. The Morgan fingerprint density at radius 3 is 2.40 bits per heavy atom. The molecule has 5 heteroatoms. The second-order valence-corrected chi connectivity index (χ2v) is 5.36. The third kappa shape index (κ3) is 4.34. The Morgan fingerprint density at radius 2 is 1.90 bits per heavy atom. The summed E-state index contributed by atoms with van der Waals surface area (Å²) in [6.45, 7) is 7.75. The lowest BCUT2D eigenvalue weighted by molar-refractivity contribution is -0.121. The first-order chi connectivity index (χ1) is 9.45. The van der Waals surface area contributed by atoms with Crippen molar-refractivity contribution in [1.82, 2.24) is 5.16 Å². The number of amides is 1. The highest BCUT2D eigenvalue weighted by atomic mass is 16.5. The molecule has 0 aromatic carbocycles. The van der Waals surface area contributed by atoms with E-state index in [0.717, 1.165) is 18.5 Å². The van der Waals surface area contributed by atoms with Crippen LogP contribution in [0.3, 0.4) is 0 Å². The molecule has 1 aromatic rings. The molecule has 1 aromatic heterocycles. The van der Waals surface area contributed by atoms with E-state index >= 15 is 0 Å². The van der Waals surface area contributed by atoms with Crippen molar-refractivity contribution in [2.24, 2.45) is 0 Å². The van der Waals surface area contributed by atoms with E-state index in [-0.39, 0.29) is 12.3 Å². The Hall–Kier alpha value is -1.36. The monoisotopic (exact) mass is 282 g/mol. The summed E-state index contributed by atoms with van der Waals surface area (Å²) in [5.74, 6) is 0.417. The first-order valence-corrected chi connectivity index (χ1v) is 7.43. The molecular weight excluding hydrogens is 256 g/mol. The van der Waals surface area contributed by atoms with Gasteiger partial charge in [0.2, 0.25) is 5.91 Å². The van der Waals surface area contributed by atoms with Gasteiger partial charge in [-0.25, -0.2) is 0 Å². The van der Waals surface area contributed by atoms with Gasteiger partial charge in [-0.2, -0.15) is 0 Å². The Balaban J connectivity index is 2.72. The van der Waals surface area contributed by atoms with Crippen LogP contribution in [0.4, 0.5) is 5.69 Å². The first-order valence-electron chi connectivity index (χ1n) is 7.43. The average Bonchev–Trinajstić information content (AvgIpc) is 2.70. The Bertz CT molecular complexity index is 434. The number of hydrogen-bond acceptors (Lipinski definition) is 4. The molecule has 0 saturated carbocycles. The van der Waals surface area contributed by atoms with Crippen molar-refractivity contribution in [3.05, 3.63) is 11.5 Å². The molecule has 5 nitrogen and oxygen atoms in total. The first kappa shape index (κ1) is 16.7. The Morgan fingerprint density at radius 1 is 1.30 bits per heavy atom. The van der Waals surface area contributed by atoms with Crippen molar-refractivity contribution < 1.29 is 14.4 Å². The van der Waals surface area contributed by atoms with Crippen LogP contribution in [0.15, 0.2) is 4.52 Å². The van der Waals surface area contributed by atoms with Gasteiger partial charge >= 0.3 is 0 Å². The maximum Gasteiger partial charge on any atom is 0.227 e. The molecule has 0 bridgehead atoms. The average molecular weight is 282 g/mol. The fourth-order valence-electron chi connectivity index (χ4n) is 2.53. The van der Waals surface area contributed by atoms with Crippen molar-refractivity contribution in [3.63, 3.8) is 0 Å². The van der Waals surface area contributed by atoms with E-state index in [1.54, 1.807) is 6.92 Å². The Kier molecular flexibility index (Phi) is 6.20. The smallest absolute Gasteiger partial charge is 0.227 e. The molecule has 1 rings (SSSR count). The number of nitrogens with one attached hydrogen (secondary N) is 1. The molecule has 0 fully saturated rings. The minimum Gasteiger partial charge on any atom is -0.389 e. The molecule has 1 amide bonds. The molecule has 0 spiro atoms. The lowest BCUT2D eigenvalue weighted by Crippen LogP contribution is -2.34. The number of carbonyl (C=O) groups is 1. The van der Waals surface area contributed by atoms with E-state index in [2.05, 4.69) is 10.5 Å². The van der Waals surface area contributed by atoms with Crippen LogP contribution in [-0.4, -0.2) is 21.8 Å². The topological polar surface area (TPSA) is 75.4 Å². The zero-order valence-electron chi connectivity index (χ0n) is 13.0. The molecule has 1 heterocycles. The van der Waals surface area contributed by atoms with Gasteiger partial charge in [0.25, 0.3) is 0 Å². The van der Waals surface area contributed by atoms with Crippen molar-refractivity contribution in [1.29, 1.82) is 0 Å². The minimum atomic E-state index is -0.912. The van der Waals surface area contributed by atoms with E-state index in [1.165, 1.54) is 0 Å². The molecule has 0 radical (unpaired) electrons. The predicted octanol–water partition coefficient (Wildman–Crippen LogP) is 3.21. The Labute approximate surface area is 120 Å². The SMILES string of the molecule is CCCC(O)(CCC)CC(=O)Nc1c(CC)noc1C. The second kappa shape index (κ2) is 7.43. The third-order valence-electron chi connectivity index (χ3n) is 3.45. The molecule has 0 aliphatic heterocycles. The van der Waals surface area contributed by atoms with E-state index in [0.29, 0.717) is 30.7 Å². The fraction of sp³-hybridized carbons (Fsp3) is 0.733. The van der Waals surface area contributed by atoms with Crippen LogP contribution in [-0.2, 0) is 11.2 Å². The second-order valence-electron chi connectivity index (χ2n) is 5.36. The zero-order valence-corrected chi connectivity index (χ0v) is 13.0. The van der Waals surface area contributed by atoms with Gasteiger partial charge in [-0.3, -0.25) is 4.79 Å². The van der Waals surface area contributed by atoms with E-state index in [1.807, 2.05) is 20.8 Å². The van der Waals surface area contributed by atoms with Crippen LogP contribution in [0.1, 0.15) is 64.3 Å². The highest BCUT2D eigenvalue weighted by Gasteiger charge is 2.29. The lowest BCUT2D eigenvalue weighted by Gasteiger charge is -2.26. The number of carbonyl (C=O) groups excluding carboxylic acids is 1. The predicted molar refractivity (Wildman–Crippen MR) is 78.6 cm³/mol. The van der Waals surface area contributed by atoms with Crippen molar-refractivity contribution in [2.75, 3.05) is 5.32 Å². The van der Waals surface area contributed by atoms with Crippen LogP contribution in [0.25, 0.3) is 0 Å². The van der Waals surface area contributed by atoms with Crippen LogP contribution in [0.2, 0.25) is 0 Å². The number of nitrogens with zero attached hydrogens (tertiary/aromatic N) is 1. The van der Waals surface area contributed by atoms with Crippen LogP contribution in [0.5, 0.6) is 0 Å². The largest absolute Gasteiger partial charge is 0.389 e.